The highest BCUT2D eigenvalue weighted by Gasteiger charge is 2.19. The van der Waals surface area contributed by atoms with Crippen molar-refractivity contribution in [1.29, 1.82) is 0 Å². The average Bonchev–Trinajstić information content (AvgIpc) is 2.62. The number of halogens is 2. The number of benzene rings is 1. The summed E-state index contributed by atoms with van der Waals surface area (Å²) in [7, 11) is 1.97. The number of aromatic nitrogens is 2. The lowest BCUT2D eigenvalue weighted by Gasteiger charge is -2.22. The van der Waals surface area contributed by atoms with Gasteiger partial charge in [-0.3, -0.25) is 4.68 Å². The molecule has 0 spiro atoms. The van der Waals surface area contributed by atoms with Crippen LogP contribution < -0.4 is 5.32 Å². The molecule has 0 saturated heterocycles. The molecule has 2 atom stereocenters. The normalized spacial score (nSPS) is 14.2. The third kappa shape index (κ3) is 3.42. The van der Waals surface area contributed by atoms with Gasteiger partial charge in [0.25, 0.3) is 0 Å². The molecule has 2 aromatic rings. The summed E-state index contributed by atoms with van der Waals surface area (Å²) in [5, 5.41) is 9.41. The predicted molar refractivity (Wildman–Crippen MR) is 89.1 cm³/mol. The number of hydrogen-bond donors (Lipinski definition) is 1. The lowest BCUT2D eigenvalue weighted by atomic mass is 10.0. The Morgan fingerprint density at radius 2 is 1.81 bits per heavy atom. The van der Waals surface area contributed by atoms with Gasteiger partial charge in [0.2, 0.25) is 0 Å². The molecular formula is C16H21Cl2N3. The molecule has 1 heterocycles. The van der Waals surface area contributed by atoms with E-state index in [-0.39, 0.29) is 12.1 Å². The van der Waals surface area contributed by atoms with Crippen LogP contribution in [0.3, 0.4) is 0 Å². The van der Waals surface area contributed by atoms with E-state index in [1.165, 1.54) is 11.3 Å². The van der Waals surface area contributed by atoms with Crippen molar-refractivity contribution in [2.24, 2.45) is 7.05 Å². The van der Waals surface area contributed by atoms with E-state index in [4.69, 9.17) is 23.2 Å². The van der Waals surface area contributed by atoms with Crippen molar-refractivity contribution in [2.75, 3.05) is 0 Å². The zero-order valence-electron chi connectivity index (χ0n) is 13.0. The maximum atomic E-state index is 6.28. The zero-order valence-corrected chi connectivity index (χ0v) is 14.5. The van der Waals surface area contributed by atoms with Crippen molar-refractivity contribution >= 4 is 23.2 Å². The molecule has 1 aromatic heterocycles. The van der Waals surface area contributed by atoms with Crippen LogP contribution in [0.5, 0.6) is 0 Å². The molecule has 0 aliphatic heterocycles. The number of rotatable bonds is 4. The fourth-order valence-electron chi connectivity index (χ4n) is 2.82. The van der Waals surface area contributed by atoms with Crippen molar-refractivity contribution in [3.8, 4) is 0 Å². The summed E-state index contributed by atoms with van der Waals surface area (Å²) in [5.41, 5.74) is 4.54. The second-order valence-corrected chi connectivity index (χ2v) is 6.33. The molecule has 1 N–H and O–H groups in total. The van der Waals surface area contributed by atoms with Gasteiger partial charge in [0.15, 0.2) is 0 Å². The molecule has 0 aliphatic carbocycles. The van der Waals surface area contributed by atoms with E-state index in [1.807, 2.05) is 30.8 Å². The van der Waals surface area contributed by atoms with Gasteiger partial charge < -0.3 is 5.32 Å². The van der Waals surface area contributed by atoms with E-state index in [9.17, 15) is 0 Å². The molecule has 21 heavy (non-hydrogen) atoms. The monoisotopic (exact) mass is 325 g/mol. The molecule has 0 amide bonds. The summed E-state index contributed by atoms with van der Waals surface area (Å²) in [5.74, 6) is 0. The second kappa shape index (κ2) is 6.39. The highest BCUT2D eigenvalue weighted by molar-refractivity contribution is 6.35. The summed E-state index contributed by atoms with van der Waals surface area (Å²) in [6.45, 7) is 8.39. The van der Waals surface area contributed by atoms with Crippen LogP contribution in [0, 0.1) is 13.8 Å². The topological polar surface area (TPSA) is 29.9 Å². The van der Waals surface area contributed by atoms with Crippen LogP contribution in [-0.4, -0.2) is 9.78 Å². The summed E-state index contributed by atoms with van der Waals surface area (Å²) in [6, 6.07) is 5.94. The maximum absolute atomic E-state index is 6.28. The zero-order chi connectivity index (χ0) is 15.7. The quantitative estimate of drug-likeness (QED) is 0.878. The minimum atomic E-state index is 0.128. The summed E-state index contributed by atoms with van der Waals surface area (Å²) in [6.07, 6.45) is 0. The van der Waals surface area contributed by atoms with Gasteiger partial charge in [-0.2, -0.15) is 5.10 Å². The van der Waals surface area contributed by atoms with Crippen LogP contribution in [0.1, 0.15) is 48.4 Å². The van der Waals surface area contributed by atoms with E-state index < -0.39 is 0 Å². The van der Waals surface area contributed by atoms with Crippen LogP contribution in [-0.2, 0) is 7.05 Å². The van der Waals surface area contributed by atoms with E-state index in [1.54, 1.807) is 6.07 Å². The molecule has 2 rings (SSSR count). The number of nitrogens with zero attached hydrogens (tertiary/aromatic N) is 2. The molecule has 0 radical (unpaired) electrons. The first-order valence-electron chi connectivity index (χ1n) is 7.02. The van der Waals surface area contributed by atoms with Crippen molar-refractivity contribution in [1.82, 2.24) is 15.1 Å². The van der Waals surface area contributed by atoms with Crippen molar-refractivity contribution in [3.63, 3.8) is 0 Å². The highest BCUT2D eigenvalue weighted by Crippen LogP contribution is 2.29. The van der Waals surface area contributed by atoms with Gasteiger partial charge in [-0.15, -0.1) is 0 Å². The fourth-order valence-corrected chi connectivity index (χ4v) is 3.39. The summed E-state index contributed by atoms with van der Waals surface area (Å²) >= 11 is 12.2. The molecule has 0 saturated carbocycles. The Bertz CT molecular complexity index is 649. The van der Waals surface area contributed by atoms with Crippen molar-refractivity contribution in [3.05, 3.63) is 50.8 Å². The minimum Gasteiger partial charge on any atom is -0.303 e. The molecule has 3 nitrogen and oxygen atoms in total. The standard InChI is InChI=1S/C16H21Cl2N3/c1-9(14-7-6-13(17)8-15(14)18)19-10(2)16-11(3)20-21(5)12(16)4/h6-10,19H,1-5H3. The Morgan fingerprint density at radius 1 is 1.14 bits per heavy atom. The molecule has 114 valence electrons. The Kier molecular flexibility index (Phi) is 4.97. The maximum Gasteiger partial charge on any atom is 0.0644 e. The van der Waals surface area contributed by atoms with Crippen LogP contribution in [0.2, 0.25) is 10.0 Å². The summed E-state index contributed by atoms with van der Waals surface area (Å²) < 4.78 is 1.92. The average molecular weight is 326 g/mol. The van der Waals surface area contributed by atoms with Crippen LogP contribution in [0.4, 0.5) is 0 Å². The Balaban J connectivity index is 2.20. The Labute approximate surface area is 136 Å². The van der Waals surface area contributed by atoms with E-state index >= 15 is 0 Å². The first-order chi connectivity index (χ1) is 9.81. The van der Waals surface area contributed by atoms with Gasteiger partial charge >= 0.3 is 0 Å². The third-order valence-electron chi connectivity index (χ3n) is 3.93. The smallest absolute Gasteiger partial charge is 0.0644 e. The van der Waals surface area contributed by atoms with Crippen molar-refractivity contribution < 1.29 is 0 Å². The molecule has 0 bridgehead atoms. The Morgan fingerprint density at radius 3 is 2.33 bits per heavy atom. The van der Waals surface area contributed by atoms with Crippen LogP contribution in [0.25, 0.3) is 0 Å². The molecule has 2 unspecified atom stereocenters. The van der Waals surface area contributed by atoms with Gasteiger partial charge in [-0.1, -0.05) is 29.3 Å². The lowest BCUT2D eigenvalue weighted by molar-refractivity contribution is 0.491. The van der Waals surface area contributed by atoms with Gasteiger partial charge in [0, 0.05) is 40.4 Å². The minimum absolute atomic E-state index is 0.128. The number of nitrogens with one attached hydrogen (secondary N) is 1. The van der Waals surface area contributed by atoms with Gasteiger partial charge in [-0.25, -0.2) is 0 Å². The molecule has 5 heteroatoms. The predicted octanol–water partition coefficient (Wildman–Crippen LogP) is 4.76. The van der Waals surface area contributed by atoms with E-state index in [2.05, 4.69) is 31.2 Å². The van der Waals surface area contributed by atoms with Crippen LogP contribution in [0.15, 0.2) is 18.2 Å². The van der Waals surface area contributed by atoms with Crippen molar-refractivity contribution in [2.45, 2.75) is 39.8 Å². The highest BCUT2D eigenvalue weighted by atomic mass is 35.5. The Hall–Kier alpha value is -1.03. The third-order valence-corrected chi connectivity index (χ3v) is 4.49. The largest absolute Gasteiger partial charge is 0.303 e. The number of hydrogen-bond acceptors (Lipinski definition) is 2. The van der Waals surface area contributed by atoms with Gasteiger partial charge in [0.05, 0.1) is 5.69 Å². The SMILES string of the molecule is Cc1nn(C)c(C)c1C(C)NC(C)c1ccc(Cl)cc1Cl. The second-order valence-electron chi connectivity index (χ2n) is 5.48. The van der Waals surface area contributed by atoms with E-state index in [0.29, 0.717) is 10.0 Å². The lowest BCUT2D eigenvalue weighted by Crippen LogP contribution is -2.23. The van der Waals surface area contributed by atoms with E-state index in [0.717, 1.165) is 11.3 Å². The molecule has 0 aliphatic rings. The fraction of sp³-hybridized carbons (Fsp3) is 0.438. The first kappa shape index (κ1) is 16.3. The van der Waals surface area contributed by atoms with Crippen LogP contribution >= 0.6 is 23.2 Å². The van der Waals surface area contributed by atoms with Gasteiger partial charge in [-0.05, 0) is 45.4 Å². The summed E-state index contributed by atoms with van der Waals surface area (Å²) in [4.78, 5) is 0. The first-order valence-corrected chi connectivity index (χ1v) is 7.78. The van der Waals surface area contributed by atoms with Gasteiger partial charge in [0.1, 0.15) is 0 Å². The molecular weight excluding hydrogens is 305 g/mol. The molecule has 0 fully saturated rings. The number of aryl methyl sites for hydroxylation is 2. The molecule has 1 aromatic carbocycles.